The molecule has 1 amide bonds. The van der Waals surface area contributed by atoms with E-state index in [1.54, 1.807) is 0 Å². The summed E-state index contributed by atoms with van der Waals surface area (Å²) in [5, 5.41) is 15.4. The fraction of sp³-hybridized carbons (Fsp3) is 0.304. The van der Waals surface area contributed by atoms with E-state index in [0.717, 1.165) is 22.5 Å². The molecular formula is C23H27N3O. The van der Waals surface area contributed by atoms with Crippen LogP contribution < -0.4 is 10.6 Å². The van der Waals surface area contributed by atoms with Crippen LogP contribution in [0.15, 0.2) is 60.3 Å². The lowest BCUT2D eigenvalue weighted by atomic mass is 9.86. The van der Waals surface area contributed by atoms with Gasteiger partial charge in [-0.05, 0) is 34.6 Å². The molecular weight excluding hydrogens is 334 g/mol. The van der Waals surface area contributed by atoms with Crippen molar-refractivity contribution in [3.05, 3.63) is 71.4 Å². The van der Waals surface area contributed by atoms with Crippen LogP contribution in [0.3, 0.4) is 0 Å². The number of nitrogens with one attached hydrogen (secondary N) is 2. The Morgan fingerprint density at radius 3 is 2.22 bits per heavy atom. The van der Waals surface area contributed by atoms with Crippen LogP contribution in [0.4, 0.5) is 11.4 Å². The molecule has 0 saturated carbocycles. The minimum absolute atomic E-state index is 0.0253. The normalized spacial score (nSPS) is 11.8. The lowest BCUT2D eigenvalue weighted by Crippen LogP contribution is -2.17. The number of para-hydroxylation sites is 2. The van der Waals surface area contributed by atoms with Crippen LogP contribution in [0.25, 0.3) is 0 Å². The molecule has 4 nitrogen and oxygen atoms in total. The maximum atomic E-state index is 12.6. The largest absolute Gasteiger partial charge is 0.360 e. The fourth-order valence-electron chi connectivity index (χ4n) is 2.87. The molecule has 0 heterocycles. The van der Waals surface area contributed by atoms with Crippen LogP contribution in [-0.2, 0) is 10.2 Å². The van der Waals surface area contributed by atoms with Gasteiger partial charge in [0.2, 0.25) is 0 Å². The Labute approximate surface area is 161 Å². The van der Waals surface area contributed by atoms with Crippen LogP contribution >= 0.6 is 0 Å². The van der Waals surface area contributed by atoms with Gasteiger partial charge in [-0.2, -0.15) is 5.26 Å². The van der Waals surface area contributed by atoms with Gasteiger partial charge in [-0.1, -0.05) is 71.0 Å². The van der Waals surface area contributed by atoms with Gasteiger partial charge in [-0.25, -0.2) is 0 Å². The number of hydrogen-bond acceptors (Lipinski definition) is 3. The van der Waals surface area contributed by atoms with Gasteiger partial charge in [0.05, 0.1) is 0 Å². The molecule has 0 unspecified atom stereocenters. The maximum absolute atomic E-state index is 12.6. The Kier molecular flexibility index (Phi) is 6.41. The molecule has 140 valence electrons. The Bertz CT molecular complexity index is 883. The van der Waals surface area contributed by atoms with Gasteiger partial charge < -0.3 is 10.6 Å². The summed E-state index contributed by atoms with van der Waals surface area (Å²) in [5.74, 6) is -0.154. The minimum Gasteiger partial charge on any atom is -0.360 e. The topological polar surface area (TPSA) is 64.9 Å². The summed E-state index contributed by atoms with van der Waals surface area (Å²) >= 11 is 0. The molecule has 0 aliphatic carbocycles. The number of carbonyl (C=O) groups excluding carboxylic acids is 1. The Balaban J connectivity index is 2.23. The smallest absolute Gasteiger partial charge is 0.267 e. The predicted molar refractivity (Wildman–Crippen MR) is 112 cm³/mol. The Hall–Kier alpha value is -3.06. The van der Waals surface area contributed by atoms with Crippen molar-refractivity contribution in [3.63, 3.8) is 0 Å². The molecule has 0 atom stereocenters. The van der Waals surface area contributed by atoms with Gasteiger partial charge in [-0.3, -0.25) is 4.79 Å². The lowest BCUT2D eigenvalue weighted by molar-refractivity contribution is -0.112. The van der Waals surface area contributed by atoms with Crippen molar-refractivity contribution in [1.82, 2.24) is 0 Å². The van der Waals surface area contributed by atoms with Crippen LogP contribution in [-0.4, -0.2) is 5.91 Å². The average molecular weight is 361 g/mol. The number of hydrogen-bond donors (Lipinski definition) is 2. The number of nitrogens with zero attached hydrogens (tertiary/aromatic N) is 1. The molecule has 0 aliphatic heterocycles. The van der Waals surface area contributed by atoms with E-state index in [9.17, 15) is 10.1 Å². The van der Waals surface area contributed by atoms with Crippen molar-refractivity contribution in [3.8, 4) is 6.07 Å². The van der Waals surface area contributed by atoms with E-state index < -0.39 is 5.91 Å². The molecule has 27 heavy (non-hydrogen) atoms. The van der Waals surface area contributed by atoms with Crippen LogP contribution in [0, 0.1) is 11.3 Å². The van der Waals surface area contributed by atoms with E-state index in [4.69, 9.17) is 0 Å². The quantitative estimate of drug-likeness (QED) is 0.541. The SMILES string of the molecule is CC(C)c1ccccc1NC(=O)/C(C#N)=C\Nc1ccccc1C(C)(C)C. The van der Waals surface area contributed by atoms with Gasteiger partial charge >= 0.3 is 0 Å². The highest BCUT2D eigenvalue weighted by atomic mass is 16.1. The third-order valence-electron chi connectivity index (χ3n) is 4.30. The van der Waals surface area contributed by atoms with E-state index in [1.807, 2.05) is 54.6 Å². The van der Waals surface area contributed by atoms with E-state index in [0.29, 0.717) is 0 Å². The third-order valence-corrected chi connectivity index (χ3v) is 4.30. The molecule has 4 heteroatoms. The van der Waals surface area contributed by atoms with Crippen LogP contribution in [0.5, 0.6) is 0 Å². The van der Waals surface area contributed by atoms with Crippen molar-refractivity contribution in [2.45, 2.75) is 46.0 Å². The van der Waals surface area contributed by atoms with Crippen molar-refractivity contribution in [2.75, 3.05) is 10.6 Å². The molecule has 0 aromatic heterocycles. The molecule has 0 spiro atoms. The van der Waals surface area contributed by atoms with Gasteiger partial charge in [0.15, 0.2) is 0 Å². The van der Waals surface area contributed by atoms with Crippen LogP contribution in [0.2, 0.25) is 0 Å². The molecule has 2 aromatic rings. The fourth-order valence-corrected chi connectivity index (χ4v) is 2.87. The second-order valence-electron chi connectivity index (χ2n) is 7.81. The zero-order valence-corrected chi connectivity index (χ0v) is 16.6. The van der Waals surface area contributed by atoms with Crippen molar-refractivity contribution in [2.24, 2.45) is 0 Å². The zero-order chi connectivity index (χ0) is 20.0. The van der Waals surface area contributed by atoms with Crippen LogP contribution in [0.1, 0.15) is 51.7 Å². The van der Waals surface area contributed by atoms with E-state index in [-0.39, 0.29) is 16.9 Å². The Morgan fingerprint density at radius 1 is 1.04 bits per heavy atom. The second kappa shape index (κ2) is 8.55. The molecule has 2 rings (SSSR count). The predicted octanol–water partition coefficient (Wildman–Crippen LogP) is 5.57. The highest BCUT2D eigenvalue weighted by Gasteiger charge is 2.18. The summed E-state index contributed by atoms with van der Waals surface area (Å²) in [6.07, 6.45) is 1.47. The monoisotopic (exact) mass is 361 g/mol. The van der Waals surface area contributed by atoms with Crippen molar-refractivity contribution < 1.29 is 4.79 Å². The van der Waals surface area contributed by atoms with E-state index in [1.165, 1.54) is 6.20 Å². The standard InChI is InChI=1S/C23H27N3O/c1-16(2)18-10-6-8-12-20(18)26-22(27)17(14-24)15-25-21-13-9-7-11-19(21)23(3,4)5/h6-13,15-16,25H,1-5H3,(H,26,27)/b17-15-. The Morgan fingerprint density at radius 2 is 1.63 bits per heavy atom. The summed E-state index contributed by atoms with van der Waals surface area (Å²) in [7, 11) is 0. The number of anilines is 2. The number of rotatable bonds is 5. The highest BCUT2D eigenvalue weighted by Crippen LogP contribution is 2.29. The molecule has 2 aromatic carbocycles. The molecule has 0 fully saturated rings. The zero-order valence-electron chi connectivity index (χ0n) is 16.6. The van der Waals surface area contributed by atoms with Crippen molar-refractivity contribution >= 4 is 17.3 Å². The molecule has 0 aliphatic rings. The third kappa shape index (κ3) is 5.21. The number of carbonyl (C=O) groups is 1. The number of benzene rings is 2. The first-order chi connectivity index (χ1) is 12.7. The summed E-state index contributed by atoms with van der Waals surface area (Å²) in [4.78, 5) is 12.6. The first-order valence-electron chi connectivity index (χ1n) is 9.10. The summed E-state index contributed by atoms with van der Waals surface area (Å²) in [6.45, 7) is 10.5. The molecule has 0 saturated heterocycles. The molecule has 0 bridgehead atoms. The summed E-state index contributed by atoms with van der Waals surface area (Å²) < 4.78 is 0. The lowest BCUT2D eigenvalue weighted by Gasteiger charge is -2.22. The van der Waals surface area contributed by atoms with E-state index in [2.05, 4.69) is 45.3 Å². The first kappa shape index (κ1) is 20.3. The summed E-state index contributed by atoms with van der Waals surface area (Å²) in [6, 6.07) is 17.5. The highest BCUT2D eigenvalue weighted by molar-refractivity contribution is 6.07. The maximum Gasteiger partial charge on any atom is 0.267 e. The van der Waals surface area contributed by atoms with Gasteiger partial charge in [0, 0.05) is 17.6 Å². The van der Waals surface area contributed by atoms with E-state index >= 15 is 0 Å². The van der Waals surface area contributed by atoms with Gasteiger partial charge in [0.25, 0.3) is 5.91 Å². The summed E-state index contributed by atoms with van der Waals surface area (Å²) in [5.41, 5.74) is 3.74. The molecule has 2 N–H and O–H groups in total. The minimum atomic E-state index is -0.425. The average Bonchev–Trinajstić information content (AvgIpc) is 2.62. The number of amides is 1. The second-order valence-corrected chi connectivity index (χ2v) is 7.81. The number of nitriles is 1. The van der Waals surface area contributed by atoms with Gasteiger partial charge in [-0.15, -0.1) is 0 Å². The van der Waals surface area contributed by atoms with Gasteiger partial charge in [0.1, 0.15) is 11.6 Å². The van der Waals surface area contributed by atoms with Crippen molar-refractivity contribution in [1.29, 1.82) is 5.26 Å². The molecule has 0 radical (unpaired) electrons. The first-order valence-corrected chi connectivity index (χ1v) is 9.10.